The van der Waals surface area contributed by atoms with Crippen LogP contribution >= 0.6 is 11.6 Å². The summed E-state index contributed by atoms with van der Waals surface area (Å²) in [6, 6.07) is 5.84. The largest absolute Gasteiger partial charge is 0.478 e. The van der Waals surface area contributed by atoms with Crippen molar-refractivity contribution in [3.8, 4) is 5.88 Å². The molecule has 1 aromatic heterocycles. The number of pyridine rings is 1. The summed E-state index contributed by atoms with van der Waals surface area (Å²) in [5.41, 5.74) is 0. The Kier molecular flexibility index (Phi) is 4.53. The Balaban J connectivity index is 2.63. The molecule has 0 saturated heterocycles. The number of ether oxygens (including phenoxy) is 1. The van der Waals surface area contributed by atoms with Crippen molar-refractivity contribution in [2.75, 3.05) is 17.8 Å². The number of halogens is 1. The summed E-state index contributed by atoms with van der Waals surface area (Å²) in [5, 5.41) is 3.17. The van der Waals surface area contributed by atoms with E-state index in [2.05, 4.69) is 10.3 Å². The molecule has 14 heavy (non-hydrogen) atoms. The Labute approximate surface area is 89.4 Å². The zero-order chi connectivity index (χ0) is 10.4. The first kappa shape index (κ1) is 11.1. The minimum atomic E-state index is 0.209. The quantitative estimate of drug-likeness (QED) is 0.765. The highest BCUT2D eigenvalue weighted by Crippen LogP contribution is 2.12. The summed E-state index contributed by atoms with van der Waals surface area (Å²) in [4.78, 5) is 4.26. The third-order valence-corrected chi connectivity index (χ3v) is 2.10. The average molecular weight is 215 g/mol. The number of nitrogens with zero attached hydrogens (tertiary/aromatic N) is 1. The maximum Gasteiger partial charge on any atom is 0.215 e. The molecule has 1 rings (SSSR count). The number of hydrogen-bond donors (Lipinski definition) is 1. The van der Waals surface area contributed by atoms with Crippen LogP contribution < -0.4 is 10.1 Å². The second-order valence-corrected chi connectivity index (χ2v) is 3.30. The van der Waals surface area contributed by atoms with E-state index in [0.717, 1.165) is 5.82 Å². The van der Waals surface area contributed by atoms with Crippen LogP contribution in [0, 0.1) is 0 Å². The molecular formula is C10H15ClN2O. The van der Waals surface area contributed by atoms with Crippen LogP contribution in [0.4, 0.5) is 5.82 Å². The van der Waals surface area contributed by atoms with E-state index >= 15 is 0 Å². The Morgan fingerprint density at radius 2 is 2.36 bits per heavy atom. The van der Waals surface area contributed by atoms with Crippen molar-refractivity contribution in [2.45, 2.75) is 19.9 Å². The Morgan fingerprint density at radius 1 is 1.57 bits per heavy atom. The molecular weight excluding hydrogens is 200 g/mol. The van der Waals surface area contributed by atoms with Crippen LogP contribution in [-0.4, -0.2) is 23.5 Å². The van der Waals surface area contributed by atoms with E-state index in [4.69, 9.17) is 16.3 Å². The molecule has 0 spiro atoms. The molecule has 0 aliphatic heterocycles. The Bertz CT molecular complexity index is 281. The van der Waals surface area contributed by atoms with Crippen LogP contribution in [0.2, 0.25) is 0 Å². The predicted octanol–water partition coefficient (Wildman–Crippen LogP) is 2.52. The van der Waals surface area contributed by atoms with E-state index < -0.39 is 0 Å². The van der Waals surface area contributed by atoms with Gasteiger partial charge in [0.15, 0.2) is 0 Å². The summed E-state index contributed by atoms with van der Waals surface area (Å²) >= 11 is 5.68. The molecule has 3 nitrogen and oxygen atoms in total. The van der Waals surface area contributed by atoms with Gasteiger partial charge in [-0.05, 0) is 19.9 Å². The summed E-state index contributed by atoms with van der Waals surface area (Å²) in [6.07, 6.45) is 0. The van der Waals surface area contributed by atoms with E-state index in [-0.39, 0.29) is 6.04 Å². The number of hydrogen-bond acceptors (Lipinski definition) is 3. The lowest BCUT2D eigenvalue weighted by Gasteiger charge is -2.11. The Hall–Kier alpha value is -0.960. The first-order chi connectivity index (χ1) is 6.76. The standard InChI is InChI=1S/C10H15ClN2O/c1-3-14-10-6-4-5-9(13-10)12-8(2)7-11/h4-6,8H,3,7H2,1-2H3,(H,12,13). The third-order valence-electron chi connectivity index (χ3n) is 1.64. The molecule has 1 unspecified atom stereocenters. The van der Waals surface area contributed by atoms with Crippen molar-refractivity contribution >= 4 is 17.4 Å². The topological polar surface area (TPSA) is 34.1 Å². The maximum absolute atomic E-state index is 5.68. The van der Waals surface area contributed by atoms with Gasteiger partial charge in [-0.15, -0.1) is 11.6 Å². The molecule has 0 radical (unpaired) electrons. The van der Waals surface area contributed by atoms with Gasteiger partial charge in [-0.2, -0.15) is 4.98 Å². The van der Waals surface area contributed by atoms with Gasteiger partial charge >= 0.3 is 0 Å². The fourth-order valence-corrected chi connectivity index (χ4v) is 1.09. The van der Waals surface area contributed by atoms with Crippen molar-refractivity contribution in [3.63, 3.8) is 0 Å². The lowest BCUT2D eigenvalue weighted by molar-refractivity contribution is 0.327. The molecule has 1 aromatic rings. The fraction of sp³-hybridized carbons (Fsp3) is 0.500. The minimum Gasteiger partial charge on any atom is -0.478 e. The number of nitrogens with one attached hydrogen (secondary N) is 1. The van der Waals surface area contributed by atoms with Crippen molar-refractivity contribution in [1.29, 1.82) is 0 Å². The minimum absolute atomic E-state index is 0.209. The van der Waals surface area contributed by atoms with Crippen molar-refractivity contribution < 1.29 is 4.74 Å². The van der Waals surface area contributed by atoms with Crippen LogP contribution in [0.1, 0.15) is 13.8 Å². The van der Waals surface area contributed by atoms with Gasteiger partial charge in [-0.1, -0.05) is 6.07 Å². The van der Waals surface area contributed by atoms with E-state index in [1.165, 1.54) is 0 Å². The van der Waals surface area contributed by atoms with Gasteiger partial charge in [0.05, 0.1) is 6.61 Å². The molecule has 4 heteroatoms. The van der Waals surface area contributed by atoms with Gasteiger partial charge in [-0.3, -0.25) is 0 Å². The van der Waals surface area contributed by atoms with E-state index in [0.29, 0.717) is 18.4 Å². The smallest absolute Gasteiger partial charge is 0.215 e. The highest BCUT2D eigenvalue weighted by Gasteiger charge is 2.01. The van der Waals surface area contributed by atoms with Crippen molar-refractivity contribution in [1.82, 2.24) is 4.98 Å². The summed E-state index contributed by atoms with van der Waals surface area (Å²) in [6.45, 7) is 4.56. The van der Waals surface area contributed by atoms with Crippen molar-refractivity contribution in [2.24, 2.45) is 0 Å². The van der Waals surface area contributed by atoms with Gasteiger partial charge in [-0.25, -0.2) is 0 Å². The second-order valence-electron chi connectivity index (χ2n) is 2.99. The molecule has 1 atom stereocenters. The van der Waals surface area contributed by atoms with Gasteiger partial charge in [0.25, 0.3) is 0 Å². The number of alkyl halides is 1. The highest BCUT2D eigenvalue weighted by molar-refractivity contribution is 6.18. The van der Waals surface area contributed by atoms with Gasteiger partial charge in [0, 0.05) is 18.0 Å². The van der Waals surface area contributed by atoms with Crippen LogP contribution in [0.15, 0.2) is 18.2 Å². The molecule has 0 aromatic carbocycles. The van der Waals surface area contributed by atoms with Crippen LogP contribution in [0.25, 0.3) is 0 Å². The van der Waals surface area contributed by atoms with Crippen LogP contribution in [0.5, 0.6) is 5.88 Å². The lowest BCUT2D eigenvalue weighted by Crippen LogP contribution is -2.17. The summed E-state index contributed by atoms with van der Waals surface area (Å²) < 4.78 is 5.28. The molecule has 78 valence electrons. The van der Waals surface area contributed by atoms with Crippen molar-refractivity contribution in [3.05, 3.63) is 18.2 Å². The maximum atomic E-state index is 5.68. The predicted molar refractivity (Wildman–Crippen MR) is 59.2 cm³/mol. The zero-order valence-corrected chi connectivity index (χ0v) is 9.21. The monoisotopic (exact) mass is 214 g/mol. The molecule has 0 aliphatic rings. The normalized spacial score (nSPS) is 12.2. The molecule has 1 N–H and O–H groups in total. The van der Waals surface area contributed by atoms with Crippen LogP contribution in [-0.2, 0) is 0 Å². The van der Waals surface area contributed by atoms with E-state index in [9.17, 15) is 0 Å². The molecule has 1 heterocycles. The lowest BCUT2D eigenvalue weighted by atomic mass is 10.3. The van der Waals surface area contributed by atoms with Gasteiger partial charge in [0.1, 0.15) is 5.82 Å². The summed E-state index contributed by atoms with van der Waals surface area (Å²) in [5.74, 6) is 1.99. The number of aromatic nitrogens is 1. The fourth-order valence-electron chi connectivity index (χ4n) is 1.01. The zero-order valence-electron chi connectivity index (χ0n) is 8.46. The van der Waals surface area contributed by atoms with Crippen LogP contribution in [0.3, 0.4) is 0 Å². The number of anilines is 1. The Morgan fingerprint density at radius 3 is 3.00 bits per heavy atom. The first-order valence-electron chi connectivity index (χ1n) is 4.68. The molecule has 0 saturated carbocycles. The van der Waals surface area contributed by atoms with Gasteiger partial charge in [0.2, 0.25) is 5.88 Å². The van der Waals surface area contributed by atoms with Gasteiger partial charge < -0.3 is 10.1 Å². The molecule has 0 aliphatic carbocycles. The molecule has 0 amide bonds. The van der Waals surface area contributed by atoms with E-state index in [1.54, 1.807) is 0 Å². The number of rotatable bonds is 5. The molecule has 0 bridgehead atoms. The summed E-state index contributed by atoms with van der Waals surface area (Å²) in [7, 11) is 0. The highest BCUT2D eigenvalue weighted by atomic mass is 35.5. The SMILES string of the molecule is CCOc1cccc(NC(C)CCl)n1. The average Bonchev–Trinajstić information content (AvgIpc) is 2.19. The third kappa shape index (κ3) is 3.42. The van der Waals surface area contributed by atoms with E-state index in [1.807, 2.05) is 32.0 Å². The second kappa shape index (κ2) is 5.70. The first-order valence-corrected chi connectivity index (χ1v) is 5.22. The molecule has 0 fully saturated rings.